The van der Waals surface area contributed by atoms with Gasteiger partial charge in [0.05, 0.1) is 12.7 Å². The fourth-order valence-corrected chi connectivity index (χ4v) is 2.97. The number of carbonyl (C=O) groups is 2. The van der Waals surface area contributed by atoms with Crippen LogP contribution in [0.2, 0.25) is 5.02 Å². The molecule has 0 aromatic heterocycles. The summed E-state index contributed by atoms with van der Waals surface area (Å²) >= 11 is 5.89. The SMILES string of the molecule is COc1ccc(Cl)cc1C(=O)NNC(=O)c1cccc(CS(C)=O)c1. The van der Waals surface area contributed by atoms with Crippen molar-refractivity contribution in [1.29, 1.82) is 0 Å². The summed E-state index contributed by atoms with van der Waals surface area (Å²) in [4.78, 5) is 24.4. The lowest BCUT2D eigenvalue weighted by Gasteiger charge is -2.11. The Labute approximate surface area is 152 Å². The summed E-state index contributed by atoms with van der Waals surface area (Å²) in [5.74, 6) is -0.354. The lowest BCUT2D eigenvalue weighted by Crippen LogP contribution is -2.41. The van der Waals surface area contributed by atoms with Gasteiger partial charge >= 0.3 is 0 Å². The number of carbonyl (C=O) groups excluding carboxylic acids is 2. The van der Waals surface area contributed by atoms with E-state index in [1.54, 1.807) is 42.7 Å². The largest absolute Gasteiger partial charge is 0.496 e. The molecule has 0 aliphatic rings. The number of methoxy groups -OCH3 is 1. The molecule has 2 N–H and O–H groups in total. The van der Waals surface area contributed by atoms with E-state index in [1.807, 2.05) is 0 Å². The molecule has 8 heteroatoms. The van der Waals surface area contributed by atoms with Gasteiger partial charge in [0.25, 0.3) is 11.8 Å². The highest BCUT2D eigenvalue weighted by molar-refractivity contribution is 7.83. The summed E-state index contributed by atoms with van der Waals surface area (Å²) in [5, 5.41) is 0.373. The highest BCUT2D eigenvalue weighted by atomic mass is 35.5. The van der Waals surface area contributed by atoms with Crippen molar-refractivity contribution in [3.05, 3.63) is 64.2 Å². The monoisotopic (exact) mass is 380 g/mol. The van der Waals surface area contributed by atoms with Crippen molar-refractivity contribution in [2.75, 3.05) is 13.4 Å². The molecular formula is C17H17ClN2O4S. The smallest absolute Gasteiger partial charge is 0.273 e. The first-order valence-corrected chi connectivity index (χ1v) is 9.34. The Morgan fingerprint density at radius 1 is 1.12 bits per heavy atom. The molecule has 0 radical (unpaired) electrons. The molecule has 0 fully saturated rings. The van der Waals surface area contributed by atoms with Crippen LogP contribution in [0.25, 0.3) is 0 Å². The highest BCUT2D eigenvalue weighted by Gasteiger charge is 2.14. The second kappa shape index (κ2) is 8.64. The number of ether oxygens (including phenoxy) is 1. The lowest BCUT2D eigenvalue weighted by atomic mass is 10.1. The van der Waals surface area contributed by atoms with Gasteiger partial charge < -0.3 is 4.74 Å². The third-order valence-electron chi connectivity index (χ3n) is 3.25. The van der Waals surface area contributed by atoms with E-state index in [4.69, 9.17) is 16.3 Å². The van der Waals surface area contributed by atoms with E-state index in [0.29, 0.717) is 22.1 Å². The van der Waals surface area contributed by atoms with Crippen LogP contribution in [-0.4, -0.2) is 29.4 Å². The number of halogens is 1. The summed E-state index contributed by atoms with van der Waals surface area (Å²) in [6.45, 7) is 0. The minimum absolute atomic E-state index is 0.199. The van der Waals surface area contributed by atoms with E-state index >= 15 is 0 Å². The normalized spacial score (nSPS) is 11.5. The van der Waals surface area contributed by atoms with Gasteiger partial charge in [-0.05, 0) is 35.9 Å². The van der Waals surface area contributed by atoms with Crippen LogP contribution in [0.4, 0.5) is 0 Å². The van der Waals surface area contributed by atoms with Crippen molar-refractivity contribution in [2.45, 2.75) is 5.75 Å². The molecule has 132 valence electrons. The van der Waals surface area contributed by atoms with Crippen molar-refractivity contribution < 1.29 is 18.5 Å². The summed E-state index contributed by atoms with van der Waals surface area (Å²) in [7, 11) is 0.424. The van der Waals surface area contributed by atoms with Crippen molar-refractivity contribution in [3.8, 4) is 5.75 Å². The van der Waals surface area contributed by atoms with Crippen LogP contribution in [0, 0.1) is 0 Å². The van der Waals surface area contributed by atoms with Crippen LogP contribution >= 0.6 is 11.6 Å². The molecule has 2 rings (SSSR count). The fraction of sp³-hybridized carbons (Fsp3) is 0.176. The van der Waals surface area contributed by atoms with Crippen molar-refractivity contribution in [1.82, 2.24) is 10.9 Å². The van der Waals surface area contributed by atoms with E-state index < -0.39 is 22.6 Å². The molecule has 2 amide bonds. The predicted octanol–water partition coefficient (Wildman–Crippen LogP) is 2.30. The Morgan fingerprint density at radius 2 is 1.84 bits per heavy atom. The summed E-state index contributed by atoms with van der Waals surface area (Å²) < 4.78 is 16.4. The molecule has 0 spiro atoms. The maximum atomic E-state index is 12.2. The van der Waals surface area contributed by atoms with Crippen molar-refractivity contribution in [3.63, 3.8) is 0 Å². The van der Waals surface area contributed by atoms with E-state index in [2.05, 4.69) is 10.9 Å². The first kappa shape index (κ1) is 19.0. The predicted molar refractivity (Wildman–Crippen MR) is 97.1 cm³/mol. The van der Waals surface area contributed by atoms with Crippen LogP contribution < -0.4 is 15.6 Å². The first-order valence-electron chi connectivity index (χ1n) is 7.24. The molecule has 1 atom stereocenters. The lowest BCUT2D eigenvalue weighted by molar-refractivity contribution is 0.0845. The molecule has 25 heavy (non-hydrogen) atoms. The zero-order valence-electron chi connectivity index (χ0n) is 13.7. The van der Waals surface area contributed by atoms with Crippen LogP contribution in [0.15, 0.2) is 42.5 Å². The number of rotatable bonds is 5. The summed E-state index contributed by atoms with van der Waals surface area (Å²) in [5.41, 5.74) is 5.98. The highest BCUT2D eigenvalue weighted by Crippen LogP contribution is 2.22. The summed E-state index contributed by atoms with van der Waals surface area (Å²) in [6.07, 6.45) is 1.59. The van der Waals surface area contributed by atoms with Crippen molar-refractivity contribution >= 4 is 34.2 Å². The van der Waals surface area contributed by atoms with E-state index in [1.165, 1.54) is 13.2 Å². The van der Waals surface area contributed by atoms with E-state index in [-0.39, 0.29) is 5.56 Å². The Morgan fingerprint density at radius 3 is 2.52 bits per heavy atom. The van der Waals surface area contributed by atoms with Crippen LogP contribution in [0.3, 0.4) is 0 Å². The molecule has 2 aromatic carbocycles. The first-order chi connectivity index (χ1) is 11.9. The Kier molecular flexibility index (Phi) is 6.55. The average molecular weight is 381 g/mol. The maximum absolute atomic E-state index is 12.2. The maximum Gasteiger partial charge on any atom is 0.273 e. The number of hydrogen-bond donors (Lipinski definition) is 2. The topological polar surface area (TPSA) is 84.5 Å². The molecule has 1 unspecified atom stereocenters. The second-order valence-electron chi connectivity index (χ2n) is 5.17. The standard InChI is InChI=1S/C17H17ClN2O4S/c1-24-15-7-6-13(18)9-14(15)17(22)20-19-16(21)12-5-3-4-11(8-12)10-25(2)23/h3-9H,10H2,1-2H3,(H,19,21)(H,20,22). The van der Waals surface area contributed by atoms with Gasteiger partial charge in [-0.2, -0.15) is 0 Å². The second-order valence-corrected chi connectivity index (χ2v) is 7.04. The fourth-order valence-electron chi connectivity index (χ4n) is 2.15. The zero-order chi connectivity index (χ0) is 18.4. The third-order valence-corrected chi connectivity index (χ3v) is 4.23. The van der Waals surface area contributed by atoms with Crippen LogP contribution in [-0.2, 0) is 16.6 Å². The molecule has 0 saturated carbocycles. The zero-order valence-corrected chi connectivity index (χ0v) is 15.2. The van der Waals surface area contributed by atoms with E-state index in [0.717, 1.165) is 5.56 Å². The molecule has 6 nitrogen and oxygen atoms in total. The molecule has 0 bridgehead atoms. The average Bonchev–Trinajstić information content (AvgIpc) is 2.59. The third kappa shape index (κ3) is 5.30. The Hall–Kier alpha value is -2.38. The Bertz CT molecular complexity index is 826. The van der Waals surface area contributed by atoms with Gasteiger partial charge in [0.2, 0.25) is 0 Å². The van der Waals surface area contributed by atoms with E-state index in [9.17, 15) is 13.8 Å². The van der Waals surface area contributed by atoms with Gasteiger partial charge in [-0.3, -0.25) is 24.6 Å². The van der Waals surface area contributed by atoms with Gasteiger partial charge in [-0.15, -0.1) is 0 Å². The molecule has 0 aliphatic heterocycles. The molecule has 0 heterocycles. The number of hydrogen-bond acceptors (Lipinski definition) is 4. The molecular weight excluding hydrogens is 364 g/mol. The van der Waals surface area contributed by atoms with Gasteiger partial charge in [0.1, 0.15) is 5.75 Å². The number of amides is 2. The van der Waals surface area contributed by atoms with Crippen LogP contribution in [0.1, 0.15) is 26.3 Å². The van der Waals surface area contributed by atoms with Gasteiger partial charge in [-0.1, -0.05) is 23.7 Å². The molecule has 0 saturated heterocycles. The number of nitrogens with one attached hydrogen (secondary N) is 2. The minimum Gasteiger partial charge on any atom is -0.496 e. The van der Waals surface area contributed by atoms with Gasteiger partial charge in [-0.25, -0.2) is 0 Å². The van der Waals surface area contributed by atoms with Gasteiger partial charge in [0, 0.05) is 33.4 Å². The van der Waals surface area contributed by atoms with Crippen LogP contribution in [0.5, 0.6) is 5.75 Å². The van der Waals surface area contributed by atoms with Gasteiger partial charge in [0.15, 0.2) is 0 Å². The quantitative estimate of drug-likeness (QED) is 0.779. The minimum atomic E-state index is -1.01. The number of benzene rings is 2. The summed E-state index contributed by atoms with van der Waals surface area (Å²) in [6, 6.07) is 11.3. The van der Waals surface area contributed by atoms with Crippen molar-refractivity contribution in [2.24, 2.45) is 0 Å². The Balaban J connectivity index is 2.06. The molecule has 2 aromatic rings. The molecule has 0 aliphatic carbocycles. The number of hydrazine groups is 1.